The molecule has 0 aromatic carbocycles. The Hall–Kier alpha value is -2.17. The van der Waals surface area contributed by atoms with E-state index >= 15 is 0 Å². The van der Waals surface area contributed by atoms with Crippen molar-refractivity contribution in [2.24, 2.45) is 0 Å². The molecular weight excluding hydrogens is 697 g/mol. The molecule has 26 heteroatoms. The van der Waals surface area contributed by atoms with Crippen molar-refractivity contribution in [1.82, 2.24) is 19.1 Å². The molecule has 250 valence electrons. The van der Waals surface area contributed by atoms with Gasteiger partial charge in [-0.1, -0.05) is 0 Å². The summed E-state index contributed by atoms with van der Waals surface area (Å²) in [6.45, 7) is -1.77. The van der Waals surface area contributed by atoms with E-state index in [1.807, 2.05) is 9.97 Å². The van der Waals surface area contributed by atoms with E-state index in [0.717, 1.165) is 29.1 Å². The monoisotopic (exact) mass is 723 g/mol. The second-order valence-electron chi connectivity index (χ2n) is 9.28. The molecular formula is C19H26N4O18P3S+. The van der Waals surface area contributed by atoms with Gasteiger partial charge in [-0.3, -0.25) is 42.3 Å². The second kappa shape index (κ2) is 14.3. The molecule has 2 unspecified atom stereocenters. The Bertz CT molecular complexity index is 1720. The third-order valence-corrected chi connectivity index (χ3v) is 8.57. The summed E-state index contributed by atoms with van der Waals surface area (Å²) in [5.74, 6) is 0. The zero-order chi connectivity index (χ0) is 33.3. The van der Waals surface area contributed by atoms with Crippen LogP contribution in [0.5, 0.6) is 0 Å². The Morgan fingerprint density at radius 1 is 0.889 bits per heavy atom. The summed E-state index contributed by atoms with van der Waals surface area (Å²) in [5, 5.41) is 10.6. The maximum Gasteiger partial charge on any atom is 0.582 e. The van der Waals surface area contributed by atoms with Crippen LogP contribution in [0.15, 0.2) is 43.7 Å². The number of phosphoric ester groups is 2. The molecule has 0 radical (unpaired) electrons. The molecule has 4 heterocycles. The van der Waals surface area contributed by atoms with Crippen molar-refractivity contribution >= 4 is 35.1 Å². The van der Waals surface area contributed by atoms with E-state index in [2.05, 4.69) is 16.8 Å². The van der Waals surface area contributed by atoms with Crippen LogP contribution in [0.25, 0.3) is 0 Å². The van der Waals surface area contributed by atoms with Gasteiger partial charge >= 0.3 is 34.3 Å². The standard InChI is InChI=1S/C19H25N4O18P3S/c1-35-15-13(40-42(29)45)9(39-17(15)23-5-3-11(25)21-19(23)28)7-37-44(33,34)36-6-8-12(26)14(41-43(30,31)32)16(38-8)22-4-2-10(24)20-18(22)27/h2-5,8-9,12-17,26H,6-7H2,1H3,(H5-,20,21,24,25,27,28,29,30,31,32,33,34,45)/p+1/t8-,9+,12+,13+,14+,15+,16+,17+/m0/s1. The Kier molecular flexibility index (Phi) is 11.3. The van der Waals surface area contributed by atoms with Crippen LogP contribution >= 0.6 is 35.1 Å². The van der Waals surface area contributed by atoms with Crippen LogP contribution in [0.3, 0.4) is 0 Å². The van der Waals surface area contributed by atoms with E-state index < -0.39 is 108 Å². The highest BCUT2D eigenvalue weighted by Crippen LogP contribution is 2.48. The first kappa shape index (κ1) is 35.7. The summed E-state index contributed by atoms with van der Waals surface area (Å²) in [4.78, 5) is 80.2. The largest absolute Gasteiger partial charge is 0.582 e. The molecule has 4 rings (SSSR count). The molecule has 0 amide bonds. The summed E-state index contributed by atoms with van der Waals surface area (Å²) in [6.07, 6.45) is -10.4. The van der Waals surface area contributed by atoms with Crippen LogP contribution < -0.4 is 22.5 Å². The van der Waals surface area contributed by atoms with Crippen LogP contribution in [0.1, 0.15) is 12.5 Å². The number of hydrogen-bond acceptors (Lipinski definition) is 15. The Morgan fingerprint density at radius 3 is 1.84 bits per heavy atom. The minimum atomic E-state index is -5.29. The highest BCUT2D eigenvalue weighted by molar-refractivity contribution is 8.39. The quantitative estimate of drug-likeness (QED) is 0.0855. The predicted octanol–water partition coefficient (Wildman–Crippen LogP) is -2.16. The topological polar surface area (TPSA) is 306 Å². The number of aliphatic hydroxyl groups excluding tert-OH is 1. The number of phosphoric acid groups is 2. The number of nitrogens with zero attached hydrogens (tertiary/aromatic N) is 2. The lowest BCUT2D eigenvalue weighted by Crippen LogP contribution is -2.39. The Morgan fingerprint density at radius 2 is 1.38 bits per heavy atom. The molecule has 0 saturated carbocycles. The van der Waals surface area contributed by atoms with Gasteiger partial charge in [0.05, 0.1) is 13.2 Å². The smallest absolute Gasteiger partial charge is 0.387 e. The van der Waals surface area contributed by atoms with Gasteiger partial charge in [0.2, 0.25) is 0 Å². The minimum absolute atomic E-state index is 0.653. The lowest BCUT2D eigenvalue weighted by atomic mass is 10.1. The maximum absolute atomic E-state index is 12.7. The molecule has 22 nitrogen and oxygen atoms in total. The van der Waals surface area contributed by atoms with Crippen LogP contribution in [0, 0.1) is 0 Å². The Labute approximate surface area is 255 Å². The van der Waals surface area contributed by atoms with Crippen molar-refractivity contribution in [3.63, 3.8) is 0 Å². The molecule has 2 aromatic heterocycles. The number of aromatic nitrogens is 4. The molecule has 0 aliphatic carbocycles. The molecule has 0 spiro atoms. The van der Waals surface area contributed by atoms with Crippen molar-refractivity contribution in [2.45, 2.75) is 49.1 Å². The van der Waals surface area contributed by atoms with Crippen molar-refractivity contribution in [3.05, 3.63) is 66.2 Å². The van der Waals surface area contributed by atoms with E-state index in [1.165, 1.54) is 7.11 Å². The van der Waals surface area contributed by atoms with Gasteiger partial charge in [-0.2, -0.15) is 0 Å². The highest BCUT2D eigenvalue weighted by atomic mass is 32.7. The number of aliphatic hydroxyl groups is 1. The van der Waals surface area contributed by atoms with Crippen molar-refractivity contribution in [1.29, 1.82) is 0 Å². The zero-order valence-corrected chi connectivity index (χ0v) is 26.1. The highest BCUT2D eigenvalue weighted by Gasteiger charge is 2.52. The molecule has 45 heavy (non-hydrogen) atoms. The normalized spacial score (nSPS) is 30.3. The zero-order valence-electron chi connectivity index (χ0n) is 22.5. The summed E-state index contributed by atoms with van der Waals surface area (Å²) in [6, 6.07) is 1.89. The number of hydrogen-bond donors (Lipinski definition) is 7. The van der Waals surface area contributed by atoms with Crippen LogP contribution in [-0.2, 0) is 46.0 Å². The van der Waals surface area contributed by atoms with Gasteiger partial charge in [-0.25, -0.2) is 18.7 Å². The number of rotatable bonds is 13. The fourth-order valence-corrected chi connectivity index (χ4v) is 6.61. The number of nitrogens with one attached hydrogen (secondary N) is 2. The second-order valence-corrected chi connectivity index (χ2v) is 13.6. The Balaban J connectivity index is 1.47. The van der Waals surface area contributed by atoms with Gasteiger partial charge in [0, 0.05) is 31.6 Å². The van der Waals surface area contributed by atoms with E-state index in [9.17, 15) is 52.7 Å². The average Bonchev–Trinajstić information content (AvgIpc) is 3.41. The van der Waals surface area contributed by atoms with Crippen LogP contribution in [-0.4, -0.2) is 95.8 Å². The van der Waals surface area contributed by atoms with Crippen molar-refractivity contribution in [3.8, 4) is 0 Å². The van der Waals surface area contributed by atoms with Gasteiger partial charge < -0.3 is 34.0 Å². The number of H-pyrrole nitrogens is 2. The maximum atomic E-state index is 12.7. The number of methoxy groups -OCH3 is 1. The van der Waals surface area contributed by atoms with Gasteiger partial charge in [-0.15, -0.1) is 4.52 Å². The third kappa shape index (κ3) is 8.80. The fourth-order valence-electron chi connectivity index (χ4n) is 4.53. The first-order valence-corrected chi connectivity index (χ1v) is 17.7. The molecule has 2 aliphatic heterocycles. The molecule has 2 saturated heterocycles. The third-order valence-electron chi connectivity index (χ3n) is 6.40. The minimum Gasteiger partial charge on any atom is -0.387 e. The van der Waals surface area contributed by atoms with Crippen LogP contribution in [0.2, 0.25) is 0 Å². The van der Waals surface area contributed by atoms with Gasteiger partial charge in [0.15, 0.2) is 18.6 Å². The predicted molar refractivity (Wildman–Crippen MR) is 147 cm³/mol. The summed E-state index contributed by atoms with van der Waals surface area (Å²) < 4.78 is 73.8. The van der Waals surface area contributed by atoms with E-state index in [4.69, 9.17) is 27.8 Å². The molecule has 2 fully saturated rings. The molecule has 2 aromatic rings. The number of aromatic amines is 2. The van der Waals surface area contributed by atoms with E-state index in [-0.39, 0.29) is 0 Å². The van der Waals surface area contributed by atoms with Crippen molar-refractivity contribution < 1.29 is 65.8 Å². The van der Waals surface area contributed by atoms with Crippen LogP contribution in [0.4, 0.5) is 0 Å². The first-order valence-electron chi connectivity index (χ1n) is 12.3. The van der Waals surface area contributed by atoms with Crippen molar-refractivity contribution in [2.75, 3.05) is 20.3 Å². The summed E-state index contributed by atoms with van der Waals surface area (Å²) >= 11 is 3.69. The van der Waals surface area contributed by atoms with Gasteiger partial charge in [0.25, 0.3) is 11.1 Å². The SMILES string of the molecule is CO[C@@H]1[C@H](O[P+](=O)S)[C@@H](COP(=O)(O)OC[C@@H]2O[C@@H](n3ccc(=O)[nH]c3=O)[C@H](OP(=O)(O)O)[C@@H]2O)O[C@H]1n1ccc(=O)[nH]c1=O. The molecule has 0 bridgehead atoms. The molecule has 10 atom stereocenters. The summed E-state index contributed by atoms with van der Waals surface area (Å²) in [5.41, 5.74) is -3.51. The van der Waals surface area contributed by atoms with Gasteiger partial charge in [0.1, 0.15) is 42.8 Å². The molecule has 2 aliphatic rings. The average molecular weight is 723 g/mol. The summed E-state index contributed by atoms with van der Waals surface area (Å²) in [7, 11) is -11.8. The molecule has 6 N–H and O–H groups in total. The lowest BCUT2D eigenvalue weighted by molar-refractivity contribution is -0.0669. The van der Waals surface area contributed by atoms with Gasteiger partial charge in [-0.05, 0) is 4.57 Å². The van der Waals surface area contributed by atoms with E-state index in [0.29, 0.717) is 4.57 Å². The number of ether oxygens (including phenoxy) is 3. The first-order chi connectivity index (χ1) is 21.0. The fraction of sp³-hybridized carbons (Fsp3) is 0.579. The number of thiol groups is 1. The lowest BCUT2D eigenvalue weighted by Gasteiger charge is -2.22. The van der Waals surface area contributed by atoms with E-state index in [1.54, 1.807) is 0 Å².